The van der Waals surface area contributed by atoms with Crippen molar-refractivity contribution in [1.29, 1.82) is 0 Å². The fraction of sp³-hybridized carbons (Fsp3) is 0.538. The Bertz CT molecular complexity index is 219. The van der Waals surface area contributed by atoms with E-state index >= 15 is 0 Å². The molecule has 1 N–H and O–H groups in total. The van der Waals surface area contributed by atoms with Crippen LogP contribution in [0.25, 0.3) is 0 Å². The number of nitrogens with one attached hydrogen (secondary N) is 1. The highest BCUT2D eigenvalue weighted by molar-refractivity contribution is 5.18. The lowest BCUT2D eigenvalue weighted by atomic mass is 9.88. The maximum atomic E-state index is 3.67. The van der Waals surface area contributed by atoms with Gasteiger partial charge in [0.1, 0.15) is 0 Å². The van der Waals surface area contributed by atoms with Gasteiger partial charge in [0.2, 0.25) is 0 Å². The van der Waals surface area contributed by atoms with E-state index in [2.05, 4.69) is 31.0 Å². The zero-order valence-electron chi connectivity index (χ0n) is 9.13. The Morgan fingerprint density at radius 3 is 2.64 bits per heavy atom. The highest BCUT2D eigenvalue weighted by Gasteiger charge is 2.15. The summed E-state index contributed by atoms with van der Waals surface area (Å²) in [6, 6.07) is 0. The number of hydrogen-bond donors (Lipinski definition) is 1. The highest BCUT2D eigenvalue weighted by atomic mass is 14.9. The van der Waals surface area contributed by atoms with Gasteiger partial charge in [-0.3, -0.25) is 0 Å². The van der Waals surface area contributed by atoms with Crippen molar-refractivity contribution in [3.8, 4) is 0 Å². The van der Waals surface area contributed by atoms with E-state index in [1.165, 1.54) is 32.4 Å². The molecule has 0 radical (unpaired) electrons. The van der Waals surface area contributed by atoms with Gasteiger partial charge in [0.05, 0.1) is 0 Å². The Morgan fingerprint density at radius 1 is 1.36 bits per heavy atom. The fourth-order valence-electron chi connectivity index (χ4n) is 1.99. The van der Waals surface area contributed by atoms with Gasteiger partial charge in [-0.15, -0.1) is 0 Å². The Labute approximate surface area is 87.6 Å². The minimum atomic E-state index is 0.802. The van der Waals surface area contributed by atoms with E-state index in [0.717, 1.165) is 5.92 Å². The van der Waals surface area contributed by atoms with Gasteiger partial charge < -0.3 is 5.32 Å². The Hall–Kier alpha value is -0.820. The van der Waals surface area contributed by atoms with Crippen molar-refractivity contribution < 1.29 is 0 Å². The summed E-state index contributed by atoms with van der Waals surface area (Å²) in [7, 11) is 0. The molecule has 14 heavy (non-hydrogen) atoms. The number of allylic oxidation sites excluding steroid dienone is 5. The topological polar surface area (TPSA) is 12.0 Å². The minimum absolute atomic E-state index is 0.802. The highest BCUT2D eigenvalue weighted by Crippen LogP contribution is 2.23. The molecule has 1 nitrogen and oxygen atoms in total. The standard InChI is InChI=1S/C13H21N/c1-3-5-6-7-12(4-2)13-8-10-14-11-9-13/h3,5-7,13-14H,1,4,8-11H2,2H3. The van der Waals surface area contributed by atoms with Crippen LogP contribution in [-0.2, 0) is 0 Å². The monoisotopic (exact) mass is 191 g/mol. The summed E-state index contributed by atoms with van der Waals surface area (Å²) < 4.78 is 0. The van der Waals surface area contributed by atoms with Crippen LogP contribution in [0.3, 0.4) is 0 Å². The molecule has 78 valence electrons. The molecule has 0 aromatic rings. The molecule has 0 spiro atoms. The van der Waals surface area contributed by atoms with E-state index in [4.69, 9.17) is 0 Å². The van der Waals surface area contributed by atoms with Crippen molar-refractivity contribution in [3.63, 3.8) is 0 Å². The van der Waals surface area contributed by atoms with Crippen LogP contribution in [-0.4, -0.2) is 13.1 Å². The van der Waals surface area contributed by atoms with Gasteiger partial charge in [-0.1, -0.05) is 43.4 Å². The summed E-state index contributed by atoms with van der Waals surface area (Å²) in [5.41, 5.74) is 1.59. The molecule has 1 heterocycles. The van der Waals surface area contributed by atoms with Gasteiger partial charge in [-0.05, 0) is 38.3 Å². The molecule has 1 aliphatic rings. The van der Waals surface area contributed by atoms with E-state index in [0.29, 0.717) is 0 Å². The molecule has 0 unspecified atom stereocenters. The normalized spacial score (nSPS) is 20.2. The van der Waals surface area contributed by atoms with Crippen LogP contribution in [0.15, 0.2) is 36.5 Å². The Balaban J connectivity index is 2.54. The molecule has 1 heteroatoms. The van der Waals surface area contributed by atoms with Crippen LogP contribution in [0.5, 0.6) is 0 Å². The van der Waals surface area contributed by atoms with E-state index in [9.17, 15) is 0 Å². The van der Waals surface area contributed by atoms with Gasteiger partial charge in [0.15, 0.2) is 0 Å². The third-order valence-corrected chi connectivity index (χ3v) is 2.83. The first kappa shape index (κ1) is 11.3. The molecule has 0 aliphatic carbocycles. The van der Waals surface area contributed by atoms with Gasteiger partial charge >= 0.3 is 0 Å². The summed E-state index contributed by atoms with van der Waals surface area (Å²) in [6.45, 7) is 8.26. The predicted molar refractivity (Wildman–Crippen MR) is 63.3 cm³/mol. The van der Waals surface area contributed by atoms with Gasteiger partial charge in [-0.2, -0.15) is 0 Å². The van der Waals surface area contributed by atoms with Crippen molar-refractivity contribution in [3.05, 3.63) is 36.5 Å². The largest absolute Gasteiger partial charge is 0.317 e. The minimum Gasteiger partial charge on any atom is -0.317 e. The third-order valence-electron chi connectivity index (χ3n) is 2.83. The average Bonchev–Trinajstić information content (AvgIpc) is 2.26. The molecule has 0 saturated carbocycles. The zero-order valence-corrected chi connectivity index (χ0v) is 9.13. The third kappa shape index (κ3) is 3.51. The number of hydrogen-bond acceptors (Lipinski definition) is 1. The summed E-state index contributed by atoms with van der Waals surface area (Å²) in [5.74, 6) is 0.802. The number of piperidine rings is 1. The first-order valence-corrected chi connectivity index (χ1v) is 5.57. The maximum Gasteiger partial charge on any atom is -0.00432 e. The lowest BCUT2D eigenvalue weighted by Gasteiger charge is -2.24. The summed E-state index contributed by atoms with van der Waals surface area (Å²) in [6.07, 6.45) is 11.9. The zero-order chi connectivity index (χ0) is 10.2. The van der Waals surface area contributed by atoms with Gasteiger partial charge in [0.25, 0.3) is 0 Å². The van der Waals surface area contributed by atoms with Gasteiger partial charge in [-0.25, -0.2) is 0 Å². The van der Waals surface area contributed by atoms with Crippen LogP contribution < -0.4 is 5.32 Å². The van der Waals surface area contributed by atoms with Crippen molar-refractivity contribution >= 4 is 0 Å². The lowest BCUT2D eigenvalue weighted by Crippen LogP contribution is -2.28. The fourth-order valence-corrected chi connectivity index (χ4v) is 1.99. The maximum absolute atomic E-state index is 3.67. The van der Waals surface area contributed by atoms with Crippen LogP contribution >= 0.6 is 0 Å². The molecule has 0 aromatic carbocycles. The van der Waals surface area contributed by atoms with Crippen molar-refractivity contribution in [1.82, 2.24) is 5.32 Å². The summed E-state index contributed by atoms with van der Waals surface area (Å²) in [5, 5.41) is 3.40. The quantitative estimate of drug-likeness (QED) is 0.673. The molecule has 0 atom stereocenters. The molecule has 1 saturated heterocycles. The molecule has 0 amide bonds. The van der Waals surface area contributed by atoms with Gasteiger partial charge in [0, 0.05) is 0 Å². The second kappa shape index (κ2) is 6.61. The van der Waals surface area contributed by atoms with E-state index in [1.807, 2.05) is 12.2 Å². The molecule has 0 bridgehead atoms. The first-order chi connectivity index (χ1) is 6.88. The van der Waals surface area contributed by atoms with Crippen LogP contribution in [0.4, 0.5) is 0 Å². The predicted octanol–water partition coefficient (Wildman–Crippen LogP) is 3.06. The second-order valence-corrected chi connectivity index (χ2v) is 3.74. The summed E-state index contributed by atoms with van der Waals surface area (Å²) >= 11 is 0. The average molecular weight is 191 g/mol. The molecule has 1 rings (SSSR count). The smallest absolute Gasteiger partial charge is 0.00432 e. The lowest BCUT2D eigenvalue weighted by molar-refractivity contribution is 0.413. The van der Waals surface area contributed by atoms with Crippen LogP contribution in [0, 0.1) is 5.92 Å². The first-order valence-electron chi connectivity index (χ1n) is 5.57. The van der Waals surface area contributed by atoms with Crippen molar-refractivity contribution in [2.75, 3.05) is 13.1 Å². The molecule has 1 fully saturated rings. The molecular formula is C13H21N. The molecule has 0 aromatic heterocycles. The van der Waals surface area contributed by atoms with E-state index in [-0.39, 0.29) is 0 Å². The second-order valence-electron chi connectivity index (χ2n) is 3.74. The Kier molecular flexibility index (Phi) is 5.31. The van der Waals surface area contributed by atoms with Crippen molar-refractivity contribution in [2.24, 2.45) is 5.92 Å². The van der Waals surface area contributed by atoms with Crippen LogP contribution in [0.1, 0.15) is 26.2 Å². The van der Waals surface area contributed by atoms with E-state index in [1.54, 1.807) is 5.57 Å². The van der Waals surface area contributed by atoms with Crippen LogP contribution in [0.2, 0.25) is 0 Å². The Morgan fingerprint density at radius 2 is 2.07 bits per heavy atom. The SMILES string of the molecule is C=CC=CC=C(CC)C1CCNCC1. The molecule has 1 aliphatic heterocycles. The number of rotatable bonds is 4. The van der Waals surface area contributed by atoms with E-state index < -0.39 is 0 Å². The molecular weight excluding hydrogens is 170 g/mol. The summed E-state index contributed by atoms with van der Waals surface area (Å²) in [4.78, 5) is 0. The van der Waals surface area contributed by atoms with Crippen molar-refractivity contribution in [2.45, 2.75) is 26.2 Å².